The molecule has 2 aromatic carbocycles. The summed E-state index contributed by atoms with van der Waals surface area (Å²) >= 11 is 1.49. The highest BCUT2D eigenvalue weighted by molar-refractivity contribution is 7.18. The van der Waals surface area contributed by atoms with Gasteiger partial charge in [-0.1, -0.05) is 35.9 Å². The van der Waals surface area contributed by atoms with Crippen molar-refractivity contribution in [2.45, 2.75) is 26.2 Å². The van der Waals surface area contributed by atoms with E-state index in [0.29, 0.717) is 0 Å². The Morgan fingerprint density at radius 3 is 2.46 bits per heavy atom. The molecular weight excluding hydrogens is 322 g/mol. The second kappa shape index (κ2) is 6.93. The van der Waals surface area contributed by atoms with Gasteiger partial charge in [0, 0.05) is 6.42 Å². The number of carbonyl (C=O) groups is 2. The number of ketones is 1. The van der Waals surface area contributed by atoms with E-state index in [-0.39, 0.29) is 25.0 Å². The summed E-state index contributed by atoms with van der Waals surface area (Å²) in [5.41, 5.74) is 4.32. The van der Waals surface area contributed by atoms with Gasteiger partial charge in [-0.15, -0.1) is 11.3 Å². The standard InChI is InChI=1S/C19H17NO3S/c1-12-2-4-13(5-3-12)14-6-8-17-16(10-14)20-18(24-17)11-15(21)7-9-19(22)23/h2-6,8,10H,7,9,11H2,1H3,(H,22,23). The first-order valence-corrected chi connectivity index (χ1v) is 8.53. The Bertz CT molecular complexity index is 897. The Kier molecular flexibility index (Phi) is 4.71. The minimum absolute atomic E-state index is 0.0554. The third-order valence-corrected chi connectivity index (χ3v) is 4.82. The molecule has 0 bridgehead atoms. The molecule has 0 fully saturated rings. The number of fused-ring (bicyclic) bond motifs is 1. The Morgan fingerprint density at radius 2 is 1.75 bits per heavy atom. The molecule has 0 unspecified atom stereocenters. The predicted octanol–water partition coefficient (Wildman–Crippen LogP) is 4.25. The van der Waals surface area contributed by atoms with E-state index < -0.39 is 5.97 Å². The molecule has 0 aliphatic heterocycles. The molecule has 1 heterocycles. The fraction of sp³-hybridized carbons (Fsp3) is 0.211. The highest BCUT2D eigenvalue weighted by atomic mass is 32.1. The van der Waals surface area contributed by atoms with Crippen LogP contribution in [0.1, 0.15) is 23.4 Å². The van der Waals surface area contributed by atoms with Crippen molar-refractivity contribution in [1.82, 2.24) is 4.98 Å². The van der Waals surface area contributed by atoms with Crippen LogP contribution in [0, 0.1) is 6.92 Å². The van der Waals surface area contributed by atoms with E-state index in [1.807, 2.05) is 12.1 Å². The monoisotopic (exact) mass is 339 g/mol. The van der Waals surface area contributed by atoms with Gasteiger partial charge in [-0.2, -0.15) is 0 Å². The molecule has 0 radical (unpaired) electrons. The number of nitrogens with zero attached hydrogens (tertiary/aromatic N) is 1. The molecule has 3 rings (SSSR count). The minimum atomic E-state index is -0.949. The summed E-state index contributed by atoms with van der Waals surface area (Å²) in [6, 6.07) is 14.4. The van der Waals surface area contributed by atoms with Crippen molar-refractivity contribution in [3.05, 3.63) is 53.0 Å². The third kappa shape index (κ3) is 3.86. The first-order chi connectivity index (χ1) is 11.5. The summed E-state index contributed by atoms with van der Waals surface area (Å²) in [7, 11) is 0. The second-order valence-corrected chi connectivity index (χ2v) is 6.88. The smallest absolute Gasteiger partial charge is 0.303 e. The summed E-state index contributed by atoms with van der Waals surface area (Å²) in [6.07, 6.45) is 0.133. The molecular formula is C19H17NO3S. The summed E-state index contributed by atoms with van der Waals surface area (Å²) in [5, 5.41) is 9.37. The predicted molar refractivity (Wildman–Crippen MR) is 95.4 cm³/mol. The quantitative estimate of drug-likeness (QED) is 0.729. The van der Waals surface area contributed by atoms with Gasteiger partial charge in [-0.05, 0) is 30.2 Å². The van der Waals surface area contributed by atoms with Crippen LogP contribution >= 0.6 is 11.3 Å². The number of hydrogen-bond acceptors (Lipinski definition) is 4. The maximum Gasteiger partial charge on any atom is 0.303 e. The van der Waals surface area contributed by atoms with Gasteiger partial charge in [0.15, 0.2) is 0 Å². The van der Waals surface area contributed by atoms with Crippen molar-refractivity contribution in [3.8, 4) is 11.1 Å². The lowest BCUT2D eigenvalue weighted by molar-refractivity contribution is -0.138. The molecule has 122 valence electrons. The molecule has 0 saturated carbocycles. The molecule has 0 spiro atoms. The normalized spacial score (nSPS) is 10.9. The number of thiazole rings is 1. The van der Waals surface area contributed by atoms with Crippen LogP contribution in [-0.4, -0.2) is 21.8 Å². The molecule has 5 heteroatoms. The van der Waals surface area contributed by atoms with Crippen LogP contribution in [0.2, 0.25) is 0 Å². The van der Waals surface area contributed by atoms with Crippen LogP contribution in [0.25, 0.3) is 21.3 Å². The molecule has 0 aliphatic rings. The van der Waals surface area contributed by atoms with Crippen molar-refractivity contribution in [1.29, 1.82) is 0 Å². The van der Waals surface area contributed by atoms with Gasteiger partial charge in [0.2, 0.25) is 0 Å². The van der Waals surface area contributed by atoms with Crippen LogP contribution in [-0.2, 0) is 16.0 Å². The lowest BCUT2D eigenvalue weighted by Crippen LogP contribution is -2.05. The fourth-order valence-corrected chi connectivity index (χ4v) is 3.46. The van der Waals surface area contributed by atoms with Gasteiger partial charge >= 0.3 is 5.97 Å². The number of carbonyl (C=O) groups excluding carboxylic acids is 1. The average molecular weight is 339 g/mol. The van der Waals surface area contributed by atoms with Crippen molar-refractivity contribution in [2.24, 2.45) is 0 Å². The Hall–Kier alpha value is -2.53. The first-order valence-electron chi connectivity index (χ1n) is 7.71. The van der Waals surface area contributed by atoms with Crippen LogP contribution in [0.3, 0.4) is 0 Å². The van der Waals surface area contributed by atoms with Gasteiger partial charge < -0.3 is 5.11 Å². The third-order valence-electron chi connectivity index (χ3n) is 3.78. The van der Waals surface area contributed by atoms with Crippen LogP contribution in [0.5, 0.6) is 0 Å². The summed E-state index contributed by atoms with van der Waals surface area (Å²) in [5.74, 6) is -1.04. The molecule has 0 aliphatic carbocycles. The van der Waals surface area contributed by atoms with Crippen molar-refractivity contribution in [3.63, 3.8) is 0 Å². The molecule has 3 aromatic rings. The molecule has 0 saturated heterocycles. The van der Waals surface area contributed by atoms with Gasteiger partial charge in [0.25, 0.3) is 0 Å². The topological polar surface area (TPSA) is 67.3 Å². The Morgan fingerprint density at radius 1 is 1.04 bits per heavy atom. The number of rotatable bonds is 6. The van der Waals surface area contributed by atoms with Crippen molar-refractivity contribution < 1.29 is 14.7 Å². The Balaban J connectivity index is 1.80. The number of aromatic nitrogens is 1. The Labute approximate surface area is 143 Å². The minimum Gasteiger partial charge on any atom is -0.481 e. The van der Waals surface area contributed by atoms with Crippen LogP contribution < -0.4 is 0 Å². The zero-order valence-electron chi connectivity index (χ0n) is 13.3. The lowest BCUT2D eigenvalue weighted by atomic mass is 10.0. The van der Waals surface area contributed by atoms with Crippen LogP contribution in [0.4, 0.5) is 0 Å². The number of carboxylic acid groups (broad SMARTS) is 1. The molecule has 1 aromatic heterocycles. The number of aliphatic carboxylic acids is 1. The average Bonchev–Trinajstić information content (AvgIpc) is 2.94. The van der Waals surface area contributed by atoms with Crippen molar-refractivity contribution in [2.75, 3.05) is 0 Å². The fourth-order valence-electron chi connectivity index (χ4n) is 2.48. The first kappa shape index (κ1) is 16.3. The highest BCUT2D eigenvalue weighted by Gasteiger charge is 2.11. The maximum atomic E-state index is 11.8. The molecule has 0 amide bonds. The van der Waals surface area contributed by atoms with E-state index in [1.165, 1.54) is 16.9 Å². The number of hydrogen-bond donors (Lipinski definition) is 1. The van der Waals surface area contributed by atoms with E-state index in [4.69, 9.17) is 5.11 Å². The van der Waals surface area contributed by atoms with E-state index in [9.17, 15) is 9.59 Å². The van der Waals surface area contributed by atoms with E-state index in [0.717, 1.165) is 26.4 Å². The molecule has 24 heavy (non-hydrogen) atoms. The molecule has 1 N–H and O–H groups in total. The highest BCUT2D eigenvalue weighted by Crippen LogP contribution is 2.28. The number of Topliss-reactive ketones (excluding diaryl/α,β-unsaturated/α-hetero) is 1. The van der Waals surface area contributed by atoms with Gasteiger partial charge in [-0.25, -0.2) is 4.98 Å². The summed E-state index contributed by atoms with van der Waals surface area (Å²) < 4.78 is 1.03. The van der Waals surface area contributed by atoms with Gasteiger partial charge in [0.05, 0.1) is 23.1 Å². The molecule has 0 atom stereocenters. The number of aryl methyl sites for hydroxylation is 1. The van der Waals surface area contributed by atoms with Crippen LogP contribution in [0.15, 0.2) is 42.5 Å². The summed E-state index contributed by atoms with van der Waals surface area (Å²) in [6.45, 7) is 2.06. The zero-order chi connectivity index (χ0) is 17.1. The van der Waals surface area contributed by atoms with Gasteiger partial charge in [0.1, 0.15) is 10.8 Å². The lowest BCUT2D eigenvalue weighted by Gasteiger charge is -2.01. The largest absolute Gasteiger partial charge is 0.481 e. The SMILES string of the molecule is Cc1ccc(-c2ccc3sc(CC(=O)CCC(=O)O)nc3c2)cc1. The van der Waals surface area contributed by atoms with E-state index in [1.54, 1.807) is 0 Å². The number of carboxylic acids is 1. The molecule has 4 nitrogen and oxygen atoms in total. The zero-order valence-corrected chi connectivity index (χ0v) is 14.1. The van der Waals surface area contributed by atoms with E-state index in [2.05, 4.69) is 42.2 Å². The number of benzene rings is 2. The van der Waals surface area contributed by atoms with Gasteiger partial charge in [-0.3, -0.25) is 9.59 Å². The maximum absolute atomic E-state index is 11.8. The van der Waals surface area contributed by atoms with Crippen molar-refractivity contribution >= 4 is 33.3 Å². The second-order valence-electron chi connectivity index (χ2n) is 5.77. The van der Waals surface area contributed by atoms with E-state index >= 15 is 0 Å². The summed E-state index contributed by atoms with van der Waals surface area (Å²) in [4.78, 5) is 26.9.